The van der Waals surface area contributed by atoms with Crippen LogP contribution in [0.15, 0.2) is 57.8 Å². The van der Waals surface area contributed by atoms with Crippen molar-refractivity contribution in [1.29, 1.82) is 0 Å². The van der Waals surface area contributed by atoms with Gasteiger partial charge in [0.05, 0.1) is 21.8 Å². The first-order valence-electron chi connectivity index (χ1n) is 9.38. The molecule has 0 unspecified atom stereocenters. The highest BCUT2D eigenvalue weighted by Gasteiger charge is 2.19. The van der Waals surface area contributed by atoms with Crippen LogP contribution < -0.4 is 26.2 Å². The normalized spacial score (nSPS) is 12.3. The molecule has 0 saturated carbocycles. The summed E-state index contributed by atoms with van der Waals surface area (Å²) in [6, 6.07) is 12.8. The number of fused-ring (bicyclic) bond motifs is 2. The lowest BCUT2D eigenvalue weighted by molar-refractivity contribution is -0.113. The molecule has 0 aliphatic carbocycles. The van der Waals surface area contributed by atoms with Gasteiger partial charge in [-0.15, -0.1) is 11.3 Å². The molecule has 11 heteroatoms. The average molecular weight is 487 g/mol. The summed E-state index contributed by atoms with van der Waals surface area (Å²) in [4.78, 5) is 30.5. The van der Waals surface area contributed by atoms with Crippen LogP contribution in [-0.4, -0.2) is 28.1 Å². The van der Waals surface area contributed by atoms with E-state index >= 15 is 0 Å². The molecular weight excluding hydrogens is 472 g/mol. The summed E-state index contributed by atoms with van der Waals surface area (Å²) >= 11 is 8.62. The number of nitrogen functional groups attached to an aromatic ring is 1. The van der Waals surface area contributed by atoms with E-state index in [2.05, 4.69) is 10.3 Å². The number of ether oxygens (including phenoxy) is 2. The Labute approximate surface area is 194 Å². The molecule has 3 heterocycles. The number of nitrogens with one attached hydrogen (secondary N) is 1. The van der Waals surface area contributed by atoms with Gasteiger partial charge in [0, 0.05) is 23.1 Å². The minimum absolute atomic E-state index is 0.0170. The van der Waals surface area contributed by atoms with Gasteiger partial charge < -0.3 is 20.6 Å². The molecule has 8 nitrogen and oxygen atoms in total. The van der Waals surface area contributed by atoms with Crippen molar-refractivity contribution < 1.29 is 14.3 Å². The van der Waals surface area contributed by atoms with Crippen LogP contribution >= 0.6 is 34.7 Å². The third kappa shape index (κ3) is 3.77. The van der Waals surface area contributed by atoms with E-state index in [1.807, 2.05) is 35.7 Å². The molecule has 32 heavy (non-hydrogen) atoms. The number of nitrogens with two attached hydrogens (primary N) is 1. The van der Waals surface area contributed by atoms with Crippen LogP contribution in [0.25, 0.3) is 21.3 Å². The van der Waals surface area contributed by atoms with Gasteiger partial charge in [-0.2, -0.15) is 0 Å². The molecule has 1 aliphatic heterocycles. The smallest absolute Gasteiger partial charge is 0.282 e. The molecule has 0 bridgehead atoms. The van der Waals surface area contributed by atoms with Crippen LogP contribution in [0.2, 0.25) is 5.02 Å². The second-order valence-corrected chi connectivity index (χ2v) is 9.00. The van der Waals surface area contributed by atoms with Crippen LogP contribution in [0.4, 0.5) is 5.69 Å². The number of thiophene rings is 1. The fourth-order valence-corrected chi connectivity index (χ4v) is 5.15. The Hall–Kier alpha value is -3.21. The Bertz CT molecular complexity index is 1400. The van der Waals surface area contributed by atoms with Crippen molar-refractivity contribution in [3.8, 4) is 22.6 Å². The number of anilines is 1. The van der Waals surface area contributed by atoms with Crippen LogP contribution in [0.3, 0.4) is 0 Å². The summed E-state index contributed by atoms with van der Waals surface area (Å²) in [5, 5.41) is 5.65. The first kappa shape index (κ1) is 20.7. The number of benzene rings is 2. The average Bonchev–Trinajstić information content (AvgIpc) is 3.42. The molecule has 2 aromatic carbocycles. The number of thioether (sulfide) groups is 1. The van der Waals surface area contributed by atoms with Crippen LogP contribution in [-0.2, 0) is 4.79 Å². The summed E-state index contributed by atoms with van der Waals surface area (Å²) in [5.74, 6) is 6.70. The SMILES string of the molecule is Nn1c(SCC(=O)Nc2cc3c(cc2Cl)OCO3)nc2scc(-c3ccccc3)c2c1=O. The molecule has 0 spiro atoms. The van der Waals surface area contributed by atoms with E-state index in [0.29, 0.717) is 32.4 Å². The maximum Gasteiger partial charge on any atom is 0.282 e. The highest BCUT2D eigenvalue weighted by atomic mass is 35.5. The van der Waals surface area contributed by atoms with Crippen molar-refractivity contribution in [2.75, 3.05) is 23.7 Å². The monoisotopic (exact) mass is 486 g/mol. The summed E-state index contributed by atoms with van der Waals surface area (Å²) < 4.78 is 11.5. The summed E-state index contributed by atoms with van der Waals surface area (Å²) in [6.45, 7) is 0.107. The third-order valence-electron chi connectivity index (χ3n) is 4.76. The summed E-state index contributed by atoms with van der Waals surface area (Å²) in [5.41, 5.74) is 1.74. The number of carbonyl (C=O) groups is 1. The van der Waals surface area contributed by atoms with Crippen molar-refractivity contribution in [2.45, 2.75) is 5.16 Å². The second-order valence-electron chi connectivity index (χ2n) is 6.79. The van der Waals surface area contributed by atoms with Gasteiger partial charge in [-0.1, -0.05) is 53.7 Å². The Morgan fingerprint density at radius 3 is 2.78 bits per heavy atom. The number of amides is 1. The summed E-state index contributed by atoms with van der Waals surface area (Å²) in [6.07, 6.45) is 0. The minimum atomic E-state index is -0.364. The van der Waals surface area contributed by atoms with Crippen molar-refractivity contribution in [3.05, 3.63) is 63.2 Å². The zero-order valence-electron chi connectivity index (χ0n) is 16.3. The van der Waals surface area contributed by atoms with E-state index in [4.69, 9.17) is 26.9 Å². The maximum absolute atomic E-state index is 12.9. The fraction of sp³-hybridized carbons (Fsp3) is 0.0952. The fourth-order valence-electron chi connectivity index (χ4n) is 3.25. The maximum atomic E-state index is 12.9. The van der Waals surface area contributed by atoms with Gasteiger partial charge in [-0.05, 0) is 5.56 Å². The largest absolute Gasteiger partial charge is 0.454 e. The minimum Gasteiger partial charge on any atom is -0.454 e. The Balaban J connectivity index is 1.35. The van der Waals surface area contributed by atoms with Crippen molar-refractivity contribution in [3.63, 3.8) is 0 Å². The number of aromatic nitrogens is 2. The zero-order chi connectivity index (χ0) is 22.2. The first-order valence-corrected chi connectivity index (χ1v) is 11.6. The molecule has 162 valence electrons. The predicted octanol–water partition coefficient (Wildman–Crippen LogP) is 3.95. The topological polar surface area (TPSA) is 108 Å². The number of hydrogen-bond donors (Lipinski definition) is 2. The van der Waals surface area contributed by atoms with Gasteiger partial charge >= 0.3 is 0 Å². The van der Waals surface area contributed by atoms with Crippen molar-refractivity contribution in [2.24, 2.45) is 0 Å². The molecule has 0 atom stereocenters. The van der Waals surface area contributed by atoms with E-state index < -0.39 is 0 Å². The molecule has 2 aromatic heterocycles. The highest BCUT2D eigenvalue weighted by Crippen LogP contribution is 2.39. The summed E-state index contributed by atoms with van der Waals surface area (Å²) in [7, 11) is 0. The quantitative estimate of drug-likeness (QED) is 0.250. The van der Waals surface area contributed by atoms with E-state index in [-0.39, 0.29) is 29.2 Å². The predicted molar refractivity (Wildman–Crippen MR) is 126 cm³/mol. The van der Waals surface area contributed by atoms with E-state index in [0.717, 1.165) is 27.6 Å². The Morgan fingerprint density at radius 1 is 1.25 bits per heavy atom. The lowest BCUT2D eigenvalue weighted by atomic mass is 10.1. The number of nitrogens with zero attached hydrogens (tertiary/aromatic N) is 2. The Morgan fingerprint density at radius 2 is 2.00 bits per heavy atom. The number of rotatable bonds is 5. The number of halogens is 1. The van der Waals surface area contributed by atoms with Crippen LogP contribution in [0.1, 0.15) is 0 Å². The van der Waals surface area contributed by atoms with Crippen molar-refractivity contribution >= 4 is 56.5 Å². The molecule has 1 amide bonds. The second kappa shape index (κ2) is 8.38. The lowest BCUT2D eigenvalue weighted by Gasteiger charge is -2.10. The van der Waals surface area contributed by atoms with Gasteiger partial charge in [0.15, 0.2) is 16.7 Å². The van der Waals surface area contributed by atoms with Gasteiger partial charge in [-0.3, -0.25) is 9.59 Å². The van der Waals surface area contributed by atoms with E-state index in [1.165, 1.54) is 11.3 Å². The first-order chi connectivity index (χ1) is 15.5. The molecule has 1 aliphatic rings. The third-order valence-corrected chi connectivity index (χ3v) is 6.90. The standard InChI is InChI=1S/C21H15ClN4O4S2/c22-13-6-15-16(30-10-29-15)7-14(13)24-17(27)9-32-21-25-19-18(20(28)26(21)23)12(8-31-19)11-4-2-1-3-5-11/h1-8H,9-10,23H2,(H,24,27). The van der Waals surface area contributed by atoms with Crippen LogP contribution in [0, 0.1) is 0 Å². The highest BCUT2D eigenvalue weighted by molar-refractivity contribution is 7.99. The number of carbonyl (C=O) groups excluding carboxylic acids is 1. The van der Waals surface area contributed by atoms with Gasteiger partial charge in [0.25, 0.3) is 5.56 Å². The van der Waals surface area contributed by atoms with Crippen molar-refractivity contribution in [1.82, 2.24) is 9.66 Å². The Kier molecular flexibility index (Phi) is 5.41. The van der Waals surface area contributed by atoms with E-state index in [9.17, 15) is 9.59 Å². The van der Waals surface area contributed by atoms with Gasteiger partial charge in [0.1, 0.15) is 4.83 Å². The molecule has 4 aromatic rings. The molecule has 0 fully saturated rings. The van der Waals surface area contributed by atoms with E-state index in [1.54, 1.807) is 12.1 Å². The molecule has 0 saturated heterocycles. The molecule has 0 radical (unpaired) electrons. The zero-order valence-corrected chi connectivity index (χ0v) is 18.7. The van der Waals surface area contributed by atoms with Gasteiger partial charge in [-0.25, -0.2) is 9.66 Å². The van der Waals surface area contributed by atoms with Gasteiger partial charge in [0.2, 0.25) is 12.7 Å². The lowest BCUT2D eigenvalue weighted by Crippen LogP contribution is -2.30. The molecule has 5 rings (SSSR count). The number of hydrogen-bond acceptors (Lipinski definition) is 8. The molecule has 3 N–H and O–H groups in total. The molecular formula is C21H15ClN4O4S2. The van der Waals surface area contributed by atoms with Crippen LogP contribution in [0.5, 0.6) is 11.5 Å².